The van der Waals surface area contributed by atoms with E-state index >= 15 is 0 Å². The van der Waals surface area contributed by atoms with E-state index < -0.39 is 0 Å². The number of anilines is 1. The zero-order valence-electron chi connectivity index (χ0n) is 13.7. The maximum atomic E-state index is 12.3. The second-order valence-electron chi connectivity index (χ2n) is 5.79. The lowest BCUT2D eigenvalue weighted by atomic mass is 10.2. The molecule has 0 radical (unpaired) electrons. The molecule has 1 aliphatic heterocycles. The van der Waals surface area contributed by atoms with E-state index in [1.165, 1.54) is 0 Å². The predicted molar refractivity (Wildman–Crippen MR) is 102 cm³/mol. The van der Waals surface area contributed by atoms with Crippen LogP contribution < -0.4 is 14.8 Å². The number of rotatable bonds is 5. The molecule has 2 aromatic rings. The highest BCUT2D eigenvalue weighted by Gasteiger charge is 2.17. The van der Waals surface area contributed by atoms with Crippen LogP contribution in [0.2, 0.25) is 5.02 Å². The lowest BCUT2D eigenvalue weighted by Crippen LogP contribution is -2.30. The van der Waals surface area contributed by atoms with E-state index in [2.05, 4.69) is 21.2 Å². The highest BCUT2D eigenvalue weighted by Crippen LogP contribution is 2.38. The molecular weight excluding hydrogens is 408 g/mol. The Morgan fingerprint density at radius 3 is 2.64 bits per heavy atom. The van der Waals surface area contributed by atoms with E-state index in [1.54, 1.807) is 12.1 Å². The van der Waals surface area contributed by atoms with Crippen LogP contribution in [0.25, 0.3) is 0 Å². The SMILES string of the molecule is CN(CC(=O)Nc1cc2c(cc1Br)OCCO2)Cc1ccccc1Cl. The number of carbonyl (C=O) groups excluding carboxylic acids is 1. The number of fused-ring (bicyclic) bond motifs is 1. The largest absolute Gasteiger partial charge is 0.486 e. The van der Waals surface area contributed by atoms with E-state index in [4.69, 9.17) is 21.1 Å². The molecule has 3 rings (SSSR count). The first-order chi connectivity index (χ1) is 12.0. The summed E-state index contributed by atoms with van der Waals surface area (Å²) in [6.07, 6.45) is 0. The smallest absolute Gasteiger partial charge is 0.238 e. The zero-order valence-corrected chi connectivity index (χ0v) is 16.1. The van der Waals surface area contributed by atoms with Crippen molar-refractivity contribution < 1.29 is 14.3 Å². The van der Waals surface area contributed by atoms with Gasteiger partial charge in [0.1, 0.15) is 13.2 Å². The Hall–Kier alpha value is -1.76. The van der Waals surface area contributed by atoms with E-state index in [-0.39, 0.29) is 12.5 Å². The van der Waals surface area contributed by atoms with Crippen LogP contribution in [0, 0.1) is 0 Å². The average molecular weight is 426 g/mol. The first kappa shape index (κ1) is 18.0. The molecule has 7 heteroatoms. The summed E-state index contributed by atoms with van der Waals surface area (Å²) in [5.41, 5.74) is 1.64. The number of amides is 1. The first-order valence-corrected chi connectivity index (χ1v) is 9.01. The fraction of sp³-hybridized carbons (Fsp3) is 0.278. The van der Waals surface area contributed by atoms with Gasteiger partial charge in [0.15, 0.2) is 11.5 Å². The Bertz CT molecular complexity index is 785. The molecule has 132 valence electrons. The number of benzene rings is 2. The fourth-order valence-corrected chi connectivity index (χ4v) is 3.18. The third-order valence-electron chi connectivity index (χ3n) is 3.72. The van der Waals surface area contributed by atoms with E-state index in [1.807, 2.05) is 36.2 Å². The van der Waals surface area contributed by atoms with Gasteiger partial charge in [-0.1, -0.05) is 29.8 Å². The van der Waals surface area contributed by atoms with Gasteiger partial charge in [0, 0.05) is 28.2 Å². The number of likely N-dealkylation sites (N-methyl/N-ethyl adjacent to an activating group) is 1. The summed E-state index contributed by atoms with van der Waals surface area (Å²) in [5, 5.41) is 3.59. The van der Waals surface area contributed by atoms with Gasteiger partial charge in [0.25, 0.3) is 0 Å². The zero-order chi connectivity index (χ0) is 17.8. The van der Waals surface area contributed by atoms with E-state index in [0.29, 0.717) is 42.0 Å². The van der Waals surface area contributed by atoms with Crippen LogP contribution in [0.15, 0.2) is 40.9 Å². The van der Waals surface area contributed by atoms with Gasteiger partial charge in [-0.25, -0.2) is 0 Å². The molecule has 2 aromatic carbocycles. The summed E-state index contributed by atoms with van der Waals surface area (Å²) in [6.45, 7) is 1.86. The molecule has 0 atom stereocenters. The van der Waals surface area contributed by atoms with Gasteiger partial charge >= 0.3 is 0 Å². The van der Waals surface area contributed by atoms with Gasteiger partial charge in [-0.15, -0.1) is 0 Å². The van der Waals surface area contributed by atoms with Gasteiger partial charge in [-0.3, -0.25) is 9.69 Å². The number of hydrogen-bond acceptors (Lipinski definition) is 4. The maximum absolute atomic E-state index is 12.3. The molecule has 1 amide bonds. The molecule has 0 bridgehead atoms. The normalized spacial score (nSPS) is 13.0. The summed E-state index contributed by atoms with van der Waals surface area (Å²) in [4.78, 5) is 14.2. The van der Waals surface area contributed by atoms with E-state index in [0.717, 1.165) is 10.0 Å². The molecule has 0 aliphatic carbocycles. The second kappa shape index (κ2) is 8.08. The number of carbonyl (C=O) groups is 1. The van der Waals surface area contributed by atoms with Crippen LogP contribution in [-0.2, 0) is 11.3 Å². The average Bonchev–Trinajstić information content (AvgIpc) is 2.57. The molecule has 1 N–H and O–H groups in total. The van der Waals surface area contributed by atoms with Crippen molar-refractivity contribution in [1.29, 1.82) is 0 Å². The summed E-state index contributed by atoms with van der Waals surface area (Å²) < 4.78 is 11.8. The Morgan fingerprint density at radius 2 is 1.92 bits per heavy atom. The van der Waals surface area contributed by atoms with Crippen molar-refractivity contribution >= 4 is 39.1 Å². The van der Waals surface area contributed by atoms with Crippen LogP contribution in [0.1, 0.15) is 5.56 Å². The molecular formula is C18H18BrClN2O3. The standard InChI is InChI=1S/C18H18BrClN2O3/c1-22(10-12-4-2-3-5-14(12)20)11-18(23)21-15-9-17-16(8-13(15)19)24-6-7-25-17/h2-5,8-9H,6-7,10-11H2,1H3,(H,21,23). The molecule has 0 saturated heterocycles. The second-order valence-corrected chi connectivity index (χ2v) is 7.05. The summed E-state index contributed by atoms with van der Waals surface area (Å²) in [5.74, 6) is 1.19. The minimum atomic E-state index is -0.119. The number of halogens is 2. The molecule has 0 saturated carbocycles. The van der Waals surface area contributed by atoms with Crippen LogP contribution >= 0.6 is 27.5 Å². The highest BCUT2D eigenvalue weighted by molar-refractivity contribution is 9.10. The van der Waals surface area contributed by atoms with Gasteiger partial charge in [0.05, 0.1) is 12.2 Å². The van der Waals surface area contributed by atoms with Crippen molar-refractivity contribution in [3.8, 4) is 11.5 Å². The Balaban J connectivity index is 1.61. The number of nitrogens with one attached hydrogen (secondary N) is 1. The maximum Gasteiger partial charge on any atom is 0.238 e. The van der Waals surface area contributed by atoms with Gasteiger partial charge < -0.3 is 14.8 Å². The van der Waals surface area contributed by atoms with E-state index in [9.17, 15) is 4.79 Å². The van der Waals surface area contributed by atoms with Crippen molar-refractivity contribution in [3.05, 3.63) is 51.5 Å². The van der Waals surface area contributed by atoms with Gasteiger partial charge in [0.2, 0.25) is 5.91 Å². The molecule has 1 aliphatic rings. The van der Waals surface area contributed by atoms with Gasteiger partial charge in [-0.2, -0.15) is 0 Å². The monoisotopic (exact) mass is 424 g/mol. The summed E-state index contributed by atoms with van der Waals surface area (Å²) >= 11 is 9.62. The number of nitrogens with zero attached hydrogens (tertiary/aromatic N) is 1. The number of hydrogen-bond donors (Lipinski definition) is 1. The third-order valence-corrected chi connectivity index (χ3v) is 4.74. The number of ether oxygens (including phenoxy) is 2. The lowest BCUT2D eigenvalue weighted by molar-refractivity contribution is -0.117. The first-order valence-electron chi connectivity index (χ1n) is 7.84. The highest BCUT2D eigenvalue weighted by atomic mass is 79.9. The lowest BCUT2D eigenvalue weighted by Gasteiger charge is -2.21. The predicted octanol–water partition coefficient (Wildman–Crippen LogP) is 3.94. The fourth-order valence-electron chi connectivity index (χ4n) is 2.57. The van der Waals surface area contributed by atoms with Crippen molar-refractivity contribution in [1.82, 2.24) is 4.90 Å². The Labute approximate surface area is 160 Å². The molecule has 1 heterocycles. The van der Waals surface area contributed by atoms with Gasteiger partial charge in [-0.05, 0) is 34.6 Å². The summed E-state index contributed by atoms with van der Waals surface area (Å²) in [7, 11) is 1.88. The molecule has 5 nitrogen and oxygen atoms in total. The van der Waals surface area contributed by atoms with Crippen molar-refractivity contribution in [2.75, 3.05) is 32.1 Å². The quantitative estimate of drug-likeness (QED) is 0.788. The van der Waals surface area contributed by atoms with Crippen LogP contribution in [0.5, 0.6) is 11.5 Å². The van der Waals surface area contributed by atoms with Crippen LogP contribution in [0.4, 0.5) is 5.69 Å². The molecule has 0 aromatic heterocycles. The Morgan fingerprint density at radius 1 is 1.24 bits per heavy atom. The molecule has 25 heavy (non-hydrogen) atoms. The molecule has 0 spiro atoms. The minimum absolute atomic E-state index is 0.119. The molecule has 0 unspecified atom stereocenters. The Kier molecular flexibility index (Phi) is 5.83. The third kappa shape index (κ3) is 4.66. The van der Waals surface area contributed by atoms with Crippen molar-refractivity contribution in [2.24, 2.45) is 0 Å². The summed E-state index contributed by atoms with van der Waals surface area (Å²) in [6, 6.07) is 11.2. The van der Waals surface area contributed by atoms with Crippen molar-refractivity contribution in [3.63, 3.8) is 0 Å². The van der Waals surface area contributed by atoms with Crippen molar-refractivity contribution in [2.45, 2.75) is 6.54 Å². The minimum Gasteiger partial charge on any atom is -0.486 e. The topological polar surface area (TPSA) is 50.8 Å². The van der Waals surface area contributed by atoms with Crippen LogP contribution in [0.3, 0.4) is 0 Å². The van der Waals surface area contributed by atoms with Crippen LogP contribution in [-0.4, -0.2) is 37.6 Å². The molecule has 0 fully saturated rings.